The Morgan fingerprint density at radius 2 is 2.17 bits per heavy atom. The fourth-order valence-electron chi connectivity index (χ4n) is 1.24. The SMILES string of the molecule is NC(=O)CCC(NC(=O)c1ccoc1Br)C(=O)O. The molecule has 0 saturated heterocycles. The van der Waals surface area contributed by atoms with Gasteiger partial charge in [0, 0.05) is 6.42 Å². The van der Waals surface area contributed by atoms with E-state index in [0.29, 0.717) is 0 Å². The lowest BCUT2D eigenvalue weighted by molar-refractivity contribution is -0.139. The molecule has 0 aromatic carbocycles. The molecule has 8 heteroatoms. The number of hydrogen-bond acceptors (Lipinski definition) is 4. The normalized spacial score (nSPS) is 11.8. The number of amides is 2. The fourth-order valence-corrected chi connectivity index (χ4v) is 1.66. The Labute approximate surface area is 110 Å². The quantitative estimate of drug-likeness (QED) is 0.704. The van der Waals surface area contributed by atoms with E-state index >= 15 is 0 Å². The molecule has 98 valence electrons. The van der Waals surface area contributed by atoms with Crippen LogP contribution in [0, 0.1) is 0 Å². The Hall–Kier alpha value is -1.83. The number of nitrogens with one attached hydrogen (secondary N) is 1. The van der Waals surface area contributed by atoms with Gasteiger partial charge in [-0.05, 0) is 28.4 Å². The van der Waals surface area contributed by atoms with Crippen LogP contribution in [0.5, 0.6) is 0 Å². The highest BCUT2D eigenvalue weighted by Crippen LogP contribution is 2.17. The third-order valence-corrected chi connectivity index (χ3v) is 2.76. The number of carboxylic acid groups (broad SMARTS) is 1. The summed E-state index contributed by atoms with van der Waals surface area (Å²) in [5.74, 6) is -2.46. The Bertz CT molecular complexity index is 471. The first kappa shape index (κ1) is 14.2. The van der Waals surface area contributed by atoms with Gasteiger partial charge in [0.1, 0.15) is 6.04 Å². The monoisotopic (exact) mass is 318 g/mol. The Morgan fingerprint density at radius 1 is 1.50 bits per heavy atom. The molecule has 0 saturated carbocycles. The summed E-state index contributed by atoms with van der Waals surface area (Å²) in [4.78, 5) is 33.2. The maximum Gasteiger partial charge on any atom is 0.326 e. The fraction of sp³-hybridized carbons (Fsp3) is 0.300. The standard InChI is InChI=1S/C10H11BrN2O5/c11-8-5(3-4-18-8)9(15)13-6(10(16)17)1-2-7(12)14/h3-4,6H,1-2H2,(H2,12,14)(H,13,15)(H,16,17). The summed E-state index contributed by atoms with van der Waals surface area (Å²) in [6, 6.07) is 0.221. The molecular formula is C10H11BrN2O5. The molecule has 0 aliphatic rings. The lowest BCUT2D eigenvalue weighted by Gasteiger charge is -2.12. The van der Waals surface area contributed by atoms with Crippen molar-refractivity contribution < 1.29 is 23.9 Å². The second kappa shape index (κ2) is 6.20. The van der Waals surface area contributed by atoms with Crippen molar-refractivity contribution in [2.24, 2.45) is 5.73 Å². The summed E-state index contributed by atoms with van der Waals surface area (Å²) < 4.78 is 5.07. The molecule has 0 radical (unpaired) electrons. The van der Waals surface area contributed by atoms with Crippen LogP contribution in [0.25, 0.3) is 0 Å². The van der Waals surface area contributed by atoms with Crippen LogP contribution in [0.2, 0.25) is 0 Å². The first-order chi connectivity index (χ1) is 8.41. The molecular weight excluding hydrogens is 308 g/mol. The van der Waals surface area contributed by atoms with Crippen LogP contribution in [0.1, 0.15) is 23.2 Å². The van der Waals surface area contributed by atoms with Crippen molar-refractivity contribution >= 4 is 33.7 Å². The highest BCUT2D eigenvalue weighted by Gasteiger charge is 2.22. The zero-order valence-electron chi connectivity index (χ0n) is 9.18. The zero-order valence-corrected chi connectivity index (χ0v) is 10.8. The molecule has 7 nitrogen and oxygen atoms in total. The molecule has 1 unspecified atom stereocenters. The maximum atomic E-state index is 11.7. The average molecular weight is 319 g/mol. The van der Waals surface area contributed by atoms with Gasteiger partial charge in [-0.1, -0.05) is 0 Å². The molecule has 0 fully saturated rings. The van der Waals surface area contributed by atoms with Gasteiger partial charge in [0.05, 0.1) is 11.8 Å². The molecule has 1 aromatic heterocycles. The molecule has 0 spiro atoms. The summed E-state index contributed by atoms with van der Waals surface area (Å²) in [7, 11) is 0. The summed E-state index contributed by atoms with van der Waals surface area (Å²) in [6.45, 7) is 0. The Balaban J connectivity index is 2.67. The molecule has 0 aliphatic carbocycles. The van der Waals surface area contributed by atoms with E-state index in [-0.39, 0.29) is 23.1 Å². The van der Waals surface area contributed by atoms with E-state index in [9.17, 15) is 14.4 Å². The topological polar surface area (TPSA) is 123 Å². The van der Waals surface area contributed by atoms with Crippen LogP contribution in [0.15, 0.2) is 21.4 Å². The predicted molar refractivity (Wildman–Crippen MR) is 63.7 cm³/mol. The number of carbonyl (C=O) groups excluding carboxylic acids is 2. The summed E-state index contributed by atoms with van der Waals surface area (Å²) in [5, 5.41) is 11.2. The maximum absolute atomic E-state index is 11.7. The Morgan fingerprint density at radius 3 is 2.61 bits per heavy atom. The number of furan rings is 1. The average Bonchev–Trinajstić information content (AvgIpc) is 2.69. The van der Waals surface area contributed by atoms with Crippen molar-refractivity contribution in [3.8, 4) is 0 Å². The van der Waals surface area contributed by atoms with Gasteiger partial charge < -0.3 is 20.6 Å². The molecule has 4 N–H and O–H groups in total. The second-order valence-electron chi connectivity index (χ2n) is 3.48. The number of nitrogens with two attached hydrogens (primary N) is 1. The van der Waals surface area contributed by atoms with Gasteiger partial charge in [0.25, 0.3) is 5.91 Å². The summed E-state index contributed by atoms with van der Waals surface area (Å²) in [5.41, 5.74) is 5.10. The molecule has 1 rings (SSSR count). The van der Waals surface area contributed by atoms with Crippen LogP contribution < -0.4 is 11.1 Å². The number of halogens is 1. The van der Waals surface area contributed by atoms with Gasteiger partial charge in [-0.25, -0.2) is 4.79 Å². The molecule has 1 aromatic rings. The summed E-state index contributed by atoms with van der Waals surface area (Å²) >= 11 is 3.01. The van der Waals surface area contributed by atoms with Crippen LogP contribution in [0.3, 0.4) is 0 Å². The van der Waals surface area contributed by atoms with Crippen molar-refractivity contribution in [1.82, 2.24) is 5.32 Å². The van der Waals surface area contributed by atoms with E-state index in [1.165, 1.54) is 12.3 Å². The van der Waals surface area contributed by atoms with Crippen LogP contribution >= 0.6 is 15.9 Å². The third-order valence-electron chi connectivity index (χ3n) is 2.15. The predicted octanol–water partition coefficient (Wildman–Crippen LogP) is 0.491. The smallest absolute Gasteiger partial charge is 0.326 e. The first-order valence-corrected chi connectivity index (χ1v) is 5.76. The van der Waals surface area contributed by atoms with E-state index < -0.39 is 23.8 Å². The van der Waals surface area contributed by atoms with Gasteiger partial charge in [-0.2, -0.15) is 0 Å². The summed E-state index contributed by atoms with van der Waals surface area (Å²) in [6.07, 6.45) is 1.11. The zero-order chi connectivity index (χ0) is 13.7. The lowest BCUT2D eigenvalue weighted by atomic mass is 10.1. The molecule has 1 heterocycles. The second-order valence-corrected chi connectivity index (χ2v) is 4.20. The third kappa shape index (κ3) is 3.88. The van der Waals surface area contributed by atoms with E-state index in [1.54, 1.807) is 0 Å². The highest BCUT2D eigenvalue weighted by molar-refractivity contribution is 9.10. The number of carbonyl (C=O) groups is 3. The molecule has 18 heavy (non-hydrogen) atoms. The van der Waals surface area contributed by atoms with Crippen molar-refractivity contribution in [2.75, 3.05) is 0 Å². The minimum absolute atomic E-state index is 0.0636. The van der Waals surface area contributed by atoms with Crippen molar-refractivity contribution in [1.29, 1.82) is 0 Å². The van der Waals surface area contributed by atoms with Crippen LogP contribution in [0.4, 0.5) is 0 Å². The van der Waals surface area contributed by atoms with Gasteiger partial charge in [0.2, 0.25) is 5.91 Å². The molecule has 0 bridgehead atoms. The highest BCUT2D eigenvalue weighted by atomic mass is 79.9. The number of primary amides is 1. The van der Waals surface area contributed by atoms with Crippen molar-refractivity contribution in [3.05, 3.63) is 22.6 Å². The molecule has 1 atom stereocenters. The van der Waals surface area contributed by atoms with Gasteiger partial charge in [0.15, 0.2) is 4.67 Å². The number of rotatable bonds is 6. The Kier molecular flexibility index (Phi) is 4.90. The molecule has 2 amide bonds. The van der Waals surface area contributed by atoms with Gasteiger partial charge in [-0.3, -0.25) is 9.59 Å². The minimum atomic E-state index is -1.23. The van der Waals surface area contributed by atoms with Gasteiger partial charge >= 0.3 is 5.97 Å². The lowest BCUT2D eigenvalue weighted by Crippen LogP contribution is -2.41. The largest absolute Gasteiger partial charge is 0.480 e. The molecule has 0 aliphatic heterocycles. The van der Waals surface area contributed by atoms with Crippen molar-refractivity contribution in [3.63, 3.8) is 0 Å². The first-order valence-electron chi connectivity index (χ1n) is 4.96. The number of carboxylic acids is 1. The van der Waals surface area contributed by atoms with E-state index in [1.807, 2.05) is 0 Å². The van der Waals surface area contributed by atoms with Crippen LogP contribution in [-0.4, -0.2) is 28.9 Å². The number of hydrogen-bond donors (Lipinski definition) is 3. The van der Waals surface area contributed by atoms with E-state index in [0.717, 1.165) is 0 Å². The van der Waals surface area contributed by atoms with Crippen molar-refractivity contribution in [2.45, 2.75) is 18.9 Å². The van der Waals surface area contributed by atoms with E-state index in [4.69, 9.17) is 15.3 Å². The minimum Gasteiger partial charge on any atom is -0.480 e. The number of aliphatic carboxylic acids is 1. The van der Waals surface area contributed by atoms with E-state index in [2.05, 4.69) is 21.2 Å². The van der Waals surface area contributed by atoms with Crippen LogP contribution in [-0.2, 0) is 9.59 Å². The van der Waals surface area contributed by atoms with Gasteiger partial charge in [-0.15, -0.1) is 0 Å².